The lowest BCUT2D eigenvalue weighted by molar-refractivity contribution is 0.0955. The third-order valence-corrected chi connectivity index (χ3v) is 3.23. The summed E-state index contributed by atoms with van der Waals surface area (Å²) in [7, 11) is 1.86. The maximum atomic E-state index is 11.5. The van der Waals surface area contributed by atoms with Gasteiger partial charge in [-0.05, 0) is 25.4 Å². The summed E-state index contributed by atoms with van der Waals surface area (Å²) in [4.78, 5) is 12.1. The van der Waals surface area contributed by atoms with Gasteiger partial charge < -0.3 is 10.6 Å². The lowest BCUT2D eigenvalue weighted by atomic mass is 10.3. The Morgan fingerprint density at radius 1 is 1.71 bits per heavy atom. The minimum absolute atomic E-state index is 0.105. The number of thiophene rings is 1. The van der Waals surface area contributed by atoms with Crippen molar-refractivity contribution >= 4 is 28.8 Å². The van der Waals surface area contributed by atoms with Gasteiger partial charge in [0.2, 0.25) is 0 Å². The maximum absolute atomic E-state index is 11.5. The van der Waals surface area contributed by atoms with Crippen molar-refractivity contribution in [2.24, 2.45) is 0 Å². The van der Waals surface area contributed by atoms with Crippen molar-refractivity contribution in [2.75, 3.05) is 13.6 Å². The van der Waals surface area contributed by atoms with Crippen LogP contribution in [0, 0.1) is 0 Å². The molecule has 0 saturated carbocycles. The predicted octanol–water partition coefficient (Wildman–Crippen LogP) is 1.74. The molecule has 78 valence electrons. The van der Waals surface area contributed by atoms with Crippen LogP contribution in [0.25, 0.3) is 0 Å². The molecule has 0 aliphatic heterocycles. The Hall–Kier alpha value is -0.580. The van der Waals surface area contributed by atoms with Gasteiger partial charge in [-0.1, -0.05) is 11.6 Å². The Kier molecular flexibility index (Phi) is 4.38. The van der Waals surface area contributed by atoms with Gasteiger partial charge in [-0.25, -0.2) is 0 Å². The summed E-state index contributed by atoms with van der Waals surface area (Å²) in [6.45, 7) is 2.60. The molecule has 0 bridgehead atoms. The van der Waals surface area contributed by atoms with E-state index in [1.54, 1.807) is 11.4 Å². The largest absolute Gasteiger partial charge is 0.350 e. The lowest BCUT2D eigenvalue weighted by Crippen LogP contribution is -2.36. The molecule has 1 amide bonds. The van der Waals surface area contributed by atoms with Crippen molar-refractivity contribution in [2.45, 2.75) is 13.0 Å². The summed E-state index contributed by atoms with van der Waals surface area (Å²) < 4.78 is 0. The first-order chi connectivity index (χ1) is 6.65. The molecule has 3 nitrogen and oxygen atoms in total. The molecule has 1 rings (SSSR count). The Morgan fingerprint density at radius 3 is 2.93 bits per heavy atom. The van der Waals surface area contributed by atoms with E-state index in [9.17, 15) is 4.79 Å². The van der Waals surface area contributed by atoms with Gasteiger partial charge in [0.25, 0.3) is 5.91 Å². The molecule has 1 aromatic heterocycles. The van der Waals surface area contributed by atoms with E-state index in [2.05, 4.69) is 10.6 Å². The van der Waals surface area contributed by atoms with Crippen LogP contribution in [0.15, 0.2) is 11.4 Å². The average molecular weight is 233 g/mol. The molecular formula is C9H13ClN2OS. The van der Waals surface area contributed by atoms with Crippen molar-refractivity contribution in [1.29, 1.82) is 0 Å². The molecule has 0 aliphatic rings. The van der Waals surface area contributed by atoms with E-state index >= 15 is 0 Å². The first-order valence-electron chi connectivity index (χ1n) is 4.33. The summed E-state index contributed by atoms with van der Waals surface area (Å²) in [5, 5.41) is 8.16. The second-order valence-electron chi connectivity index (χ2n) is 3.00. The van der Waals surface area contributed by atoms with Crippen molar-refractivity contribution in [3.8, 4) is 0 Å². The minimum atomic E-state index is -0.105. The third-order valence-electron chi connectivity index (χ3n) is 1.89. The second-order valence-corrected chi connectivity index (χ2v) is 4.32. The molecule has 0 aromatic carbocycles. The number of amides is 1. The van der Waals surface area contributed by atoms with E-state index in [1.807, 2.05) is 14.0 Å². The fourth-order valence-electron chi connectivity index (χ4n) is 0.884. The Labute approximate surface area is 92.5 Å². The zero-order chi connectivity index (χ0) is 10.6. The van der Waals surface area contributed by atoms with Gasteiger partial charge in [0, 0.05) is 12.6 Å². The van der Waals surface area contributed by atoms with Crippen LogP contribution < -0.4 is 10.6 Å². The van der Waals surface area contributed by atoms with Gasteiger partial charge in [-0.15, -0.1) is 11.3 Å². The SMILES string of the molecule is CNC(C)CNC(=O)c1sccc1Cl. The van der Waals surface area contributed by atoms with Crippen LogP contribution >= 0.6 is 22.9 Å². The molecule has 2 N–H and O–H groups in total. The summed E-state index contributed by atoms with van der Waals surface area (Å²) >= 11 is 7.17. The fraction of sp³-hybridized carbons (Fsp3) is 0.444. The molecule has 0 saturated heterocycles. The number of likely N-dealkylation sites (N-methyl/N-ethyl adjacent to an activating group) is 1. The number of nitrogens with one attached hydrogen (secondary N) is 2. The monoisotopic (exact) mass is 232 g/mol. The van der Waals surface area contributed by atoms with Crippen LogP contribution in [0.1, 0.15) is 16.6 Å². The van der Waals surface area contributed by atoms with E-state index in [-0.39, 0.29) is 11.9 Å². The normalized spacial score (nSPS) is 12.5. The Balaban J connectivity index is 2.47. The van der Waals surface area contributed by atoms with E-state index in [0.717, 1.165) is 0 Å². The van der Waals surface area contributed by atoms with Crippen LogP contribution in [-0.4, -0.2) is 25.5 Å². The highest BCUT2D eigenvalue weighted by molar-refractivity contribution is 7.12. The van der Waals surface area contributed by atoms with Gasteiger partial charge >= 0.3 is 0 Å². The Morgan fingerprint density at radius 2 is 2.43 bits per heavy atom. The smallest absolute Gasteiger partial charge is 0.262 e. The van der Waals surface area contributed by atoms with Gasteiger partial charge in [-0.2, -0.15) is 0 Å². The van der Waals surface area contributed by atoms with Crippen molar-refractivity contribution in [1.82, 2.24) is 10.6 Å². The molecular weight excluding hydrogens is 220 g/mol. The number of carbonyl (C=O) groups is 1. The quantitative estimate of drug-likeness (QED) is 0.831. The number of rotatable bonds is 4. The molecule has 0 aliphatic carbocycles. The molecule has 0 spiro atoms. The fourth-order valence-corrected chi connectivity index (χ4v) is 1.94. The molecule has 1 unspecified atom stereocenters. The van der Waals surface area contributed by atoms with Crippen molar-refractivity contribution in [3.63, 3.8) is 0 Å². The summed E-state index contributed by atoms with van der Waals surface area (Å²) in [6, 6.07) is 1.99. The van der Waals surface area contributed by atoms with Gasteiger partial charge in [0.05, 0.1) is 5.02 Å². The van der Waals surface area contributed by atoms with Crippen molar-refractivity contribution < 1.29 is 4.79 Å². The summed E-state index contributed by atoms with van der Waals surface area (Å²) in [5.74, 6) is -0.105. The van der Waals surface area contributed by atoms with Crippen LogP contribution in [0.2, 0.25) is 5.02 Å². The average Bonchev–Trinajstić information content (AvgIpc) is 2.60. The molecule has 14 heavy (non-hydrogen) atoms. The Bertz CT molecular complexity index is 314. The van der Waals surface area contributed by atoms with Gasteiger partial charge in [0.15, 0.2) is 0 Å². The van der Waals surface area contributed by atoms with E-state index in [0.29, 0.717) is 16.4 Å². The first-order valence-corrected chi connectivity index (χ1v) is 5.59. The number of carbonyl (C=O) groups excluding carboxylic acids is 1. The number of hydrogen-bond acceptors (Lipinski definition) is 3. The van der Waals surface area contributed by atoms with E-state index in [4.69, 9.17) is 11.6 Å². The first kappa shape index (κ1) is 11.5. The molecule has 5 heteroatoms. The molecule has 0 radical (unpaired) electrons. The maximum Gasteiger partial charge on any atom is 0.262 e. The highest BCUT2D eigenvalue weighted by atomic mass is 35.5. The molecule has 1 atom stereocenters. The van der Waals surface area contributed by atoms with Gasteiger partial charge in [0.1, 0.15) is 4.88 Å². The zero-order valence-corrected chi connectivity index (χ0v) is 9.71. The number of hydrogen-bond donors (Lipinski definition) is 2. The van der Waals surface area contributed by atoms with Gasteiger partial charge in [-0.3, -0.25) is 4.79 Å². The lowest BCUT2D eigenvalue weighted by Gasteiger charge is -2.10. The van der Waals surface area contributed by atoms with Crippen LogP contribution in [0.5, 0.6) is 0 Å². The molecule has 1 heterocycles. The molecule has 0 fully saturated rings. The topological polar surface area (TPSA) is 41.1 Å². The van der Waals surface area contributed by atoms with E-state index in [1.165, 1.54) is 11.3 Å². The third kappa shape index (κ3) is 2.97. The van der Waals surface area contributed by atoms with Crippen LogP contribution in [0.4, 0.5) is 0 Å². The predicted molar refractivity (Wildman–Crippen MR) is 60.2 cm³/mol. The summed E-state index contributed by atoms with van der Waals surface area (Å²) in [6.07, 6.45) is 0. The zero-order valence-electron chi connectivity index (χ0n) is 8.13. The summed E-state index contributed by atoms with van der Waals surface area (Å²) in [5.41, 5.74) is 0. The van der Waals surface area contributed by atoms with E-state index < -0.39 is 0 Å². The molecule has 1 aromatic rings. The standard InChI is InChI=1S/C9H13ClN2OS/c1-6(11-2)5-12-9(13)8-7(10)3-4-14-8/h3-4,6,11H,5H2,1-2H3,(H,12,13). The van der Waals surface area contributed by atoms with Crippen LogP contribution in [-0.2, 0) is 0 Å². The highest BCUT2D eigenvalue weighted by Gasteiger charge is 2.11. The number of halogens is 1. The van der Waals surface area contributed by atoms with Crippen molar-refractivity contribution in [3.05, 3.63) is 21.3 Å². The highest BCUT2D eigenvalue weighted by Crippen LogP contribution is 2.21. The minimum Gasteiger partial charge on any atom is -0.350 e. The second kappa shape index (κ2) is 5.34. The van der Waals surface area contributed by atoms with Crippen LogP contribution in [0.3, 0.4) is 0 Å².